The van der Waals surface area contributed by atoms with Crippen LogP contribution in [0.1, 0.15) is 32.6 Å². The van der Waals surface area contributed by atoms with E-state index < -0.39 is 0 Å². The van der Waals surface area contributed by atoms with E-state index in [4.69, 9.17) is 0 Å². The van der Waals surface area contributed by atoms with Crippen molar-refractivity contribution in [1.29, 1.82) is 0 Å². The van der Waals surface area contributed by atoms with Gasteiger partial charge < -0.3 is 9.64 Å². The molecule has 1 heterocycles. The zero-order chi connectivity index (χ0) is 11.1. The van der Waals surface area contributed by atoms with Crippen molar-refractivity contribution >= 4 is 5.97 Å². The molecule has 0 aromatic rings. The molecule has 86 valence electrons. The molecule has 0 bridgehead atoms. The summed E-state index contributed by atoms with van der Waals surface area (Å²) in [7, 11) is 1.42. The summed E-state index contributed by atoms with van der Waals surface area (Å²) in [5.41, 5.74) is 0. The third kappa shape index (κ3) is 4.04. The summed E-state index contributed by atoms with van der Waals surface area (Å²) in [6.07, 6.45) is 8.08. The Morgan fingerprint density at radius 2 is 2.33 bits per heavy atom. The van der Waals surface area contributed by atoms with Gasteiger partial charge in [-0.15, -0.1) is 0 Å². The van der Waals surface area contributed by atoms with Crippen LogP contribution in [0.3, 0.4) is 0 Å². The number of hydrogen-bond donors (Lipinski definition) is 0. The van der Waals surface area contributed by atoms with E-state index in [0.29, 0.717) is 12.5 Å². The number of ether oxygens (including phenoxy) is 1. The minimum atomic E-state index is -0.162. The van der Waals surface area contributed by atoms with Gasteiger partial charge in [0.2, 0.25) is 0 Å². The van der Waals surface area contributed by atoms with Gasteiger partial charge in [-0.1, -0.05) is 19.1 Å². The molecule has 0 amide bonds. The van der Waals surface area contributed by atoms with Crippen LogP contribution in [0.5, 0.6) is 0 Å². The molecule has 0 aromatic carbocycles. The molecule has 1 aliphatic rings. The number of likely N-dealkylation sites (tertiary alicyclic amines) is 1. The Kier molecular flexibility index (Phi) is 5.40. The zero-order valence-corrected chi connectivity index (χ0v) is 9.74. The van der Waals surface area contributed by atoms with Gasteiger partial charge in [0.1, 0.15) is 0 Å². The summed E-state index contributed by atoms with van der Waals surface area (Å²) >= 11 is 0. The Hall–Kier alpha value is -0.830. The van der Waals surface area contributed by atoms with Crippen molar-refractivity contribution in [2.45, 2.75) is 38.6 Å². The summed E-state index contributed by atoms with van der Waals surface area (Å²) < 4.78 is 4.56. The van der Waals surface area contributed by atoms with Crippen molar-refractivity contribution in [3.63, 3.8) is 0 Å². The van der Waals surface area contributed by atoms with Crippen LogP contribution in [-0.4, -0.2) is 37.1 Å². The van der Waals surface area contributed by atoms with E-state index in [2.05, 4.69) is 22.6 Å². The number of hydrogen-bond acceptors (Lipinski definition) is 3. The summed E-state index contributed by atoms with van der Waals surface area (Å²) in [5, 5.41) is 0. The molecule has 0 aromatic heterocycles. The first-order valence-electron chi connectivity index (χ1n) is 5.73. The molecular weight excluding hydrogens is 190 g/mol. The molecule has 0 N–H and O–H groups in total. The van der Waals surface area contributed by atoms with E-state index in [1.54, 1.807) is 0 Å². The van der Waals surface area contributed by atoms with Gasteiger partial charge in [0.25, 0.3) is 0 Å². The molecule has 0 radical (unpaired) electrons. The normalized spacial score (nSPS) is 22.4. The van der Waals surface area contributed by atoms with Crippen LogP contribution in [0.4, 0.5) is 0 Å². The molecule has 3 nitrogen and oxygen atoms in total. The zero-order valence-electron chi connectivity index (χ0n) is 9.74. The standard InChI is InChI=1S/C12H21NO2/c1-3-13-10-6-8-11(13)7-4-5-9-12(14)15-2/h4-5,11H,3,6-10H2,1-2H3/b5-4-. The van der Waals surface area contributed by atoms with Crippen molar-refractivity contribution in [3.8, 4) is 0 Å². The van der Waals surface area contributed by atoms with Gasteiger partial charge in [0, 0.05) is 6.04 Å². The van der Waals surface area contributed by atoms with Crippen molar-refractivity contribution in [1.82, 2.24) is 4.90 Å². The van der Waals surface area contributed by atoms with Crippen molar-refractivity contribution in [2.24, 2.45) is 0 Å². The van der Waals surface area contributed by atoms with Crippen LogP contribution in [0, 0.1) is 0 Å². The maximum atomic E-state index is 10.8. The molecule has 15 heavy (non-hydrogen) atoms. The SMILES string of the molecule is CCN1CCCC1C/C=C\CC(=O)OC. The fraction of sp³-hybridized carbons (Fsp3) is 0.750. The van der Waals surface area contributed by atoms with E-state index in [1.165, 1.54) is 26.5 Å². The topological polar surface area (TPSA) is 29.5 Å². The average Bonchev–Trinajstić information content (AvgIpc) is 2.71. The minimum Gasteiger partial charge on any atom is -0.469 e. The highest BCUT2D eigenvalue weighted by Gasteiger charge is 2.21. The highest BCUT2D eigenvalue weighted by Crippen LogP contribution is 2.19. The predicted molar refractivity (Wildman–Crippen MR) is 60.7 cm³/mol. The van der Waals surface area contributed by atoms with Crippen LogP contribution < -0.4 is 0 Å². The van der Waals surface area contributed by atoms with Gasteiger partial charge in [-0.25, -0.2) is 0 Å². The summed E-state index contributed by atoms with van der Waals surface area (Å²) in [4.78, 5) is 13.3. The number of carbonyl (C=O) groups is 1. The lowest BCUT2D eigenvalue weighted by Crippen LogP contribution is -2.28. The van der Waals surface area contributed by atoms with Crippen LogP contribution in [0.25, 0.3) is 0 Å². The van der Waals surface area contributed by atoms with Gasteiger partial charge in [-0.3, -0.25) is 4.79 Å². The predicted octanol–water partition coefficient (Wildman–Crippen LogP) is 1.98. The van der Waals surface area contributed by atoms with Gasteiger partial charge in [-0.2, -0.15) is 0 Å². The Morgan fingerprint density at radius 1 is 1.53 bits per heavy atom. The molecule has 0 aliphatic carbocycles. The fourth-order valence-electron chi connectivity index (χ4n) is 2.09. The Bertz CT molecular complexity index is 226. The molecule has 0 spiro atoms. The summed E-state index contributed by atoms with van der Waals surface area (Å²) in [5.74, 6) is -0.162. The van der Waals surface area contributed by atoms with Gasteiger partial charge in [0.15, 0.2) is 0 Å². The van der Waals surface area contributed by atoms with E-state index in [-0.39, 0.29) is 5.97 Å². The molecule has 1 rings (SSSR count). The lowest BCUT2D eigenvalue weighted by atomic mass is 10.1. The second kappa shape index (κ2) is 6.62. The second-order valence-corrected chi connectivity index (χ2v) is 3.91. The van der Waals surface area contributed by atoms with Gasteiger partial charge in [0.05, 0.1) is 13.5 Å². The molecule has 1 aliphatic heterocycles. The Morgan fingerprint density at radius 3 is 3.00 bits per heavy atom. The van der Waals surface area contributed by atoms with Gasteiger partial charge in [-0.05, 0) is 32.4 Å². The third-order valence-electron chi connectivity index (χ3n) is 2.99. The smallest absolute Gasteiger partial charge is 0.309 e. The first-order chi connectivity index (χ1) is 7.27. The summed E-state index contributed by atoms with van der Waals surface area (Å²) in [6.45, 7) is 4.57. The largest absolute Gasteiger partial charge is 0.469 e. The third-order valence-corrected chi connectivity index (χ3v) is 2.99. The van der Waals surface area contributed by atoms with Crippen LogP contribution >= 0.6 is 0 Å². The first kappa shape index (κ1) is 12.2. The van der Waals surface area contributed by atoms with E-state index in [9.17, 15) is 4.79 Å². The molecule has 0 saturated carbocycles. The first-order valence-corrected chi connectivity index (χ1v) is 5.73. The molecule has 1 saturated heterocycles. The fourth-order valence-corrected chi connectivity index (χ4v) is 2.09. The van der Waals surface area contributed by atoms with Gasteiger partial charge >= 0.3 is 5.97 Å². The van der Waals surface area contributed by atoms with E-state index >= 15 is 0 Å². The maximum absolute atomic E-state index is 10.8. The van der Waals surface area contributed by atoms with Crippen molar-refractivity contribution in [3.05, 3.63) is 12.2 Å². The van der Waals surface area contributed by atoms with Crippen LogP contribution in [-0.2, 0) is 9.53 Å². The molecular formula is C12H21NO2. The van der Waals surface area contributed by atoms with E-state index in [1.807, 2.05) is 6.08 Å². The average molecular weight is 211 g/mol. The highest BCUT2D eigenvalue weighted by atomic mass is 16.5. The monoisotopic (exact) mass is 211 g/mol. The molecule has 3 heteroatoms. The minimum absolute atomic E-state index is 0.162. The van der Waals surface area contributed by atoms with E-state index in [0.717, 1.165) is 13.0 Å². The van der Waals surface area contributed by atoms with Crippen molar-refractivity contribution in [2.75, 3.05) is 20.2 Å². The molecule has 1 fully saturated rings. The van der Waals surface area contributed by atoms with Crippen LogP contribution in [0.2, 0.25) is 0 Å². The number of rotatable bonds is 5. The molecule has 1 atom stereocenters. The van der Waals surface area contributed by atoms with Crippen LogP contribution in [0.15, 0.2) is 12.2 Å². The number of methoxy groups -OCH3 is 1. The number of carbonyl (C=O) groups excluding carboxylic acids is 1. The maximum Gasteiger partial charge on any atom is 0.309 e. The lowest BCUT2D eigenvalue weighted by Gasteiger charge is -2.21. The Labute approximate surface area is 92.1 Å². The number of nitrogens with zero attached hydrogens (tertiary/aromatic N) is 1. The Balaban J connectivity index is 2.21. The lowest BCUT2D eigenvalue weighted by molar-refractivity contribution is -0.139. The molecule has 1 unspecified atom stereocenters. The number of esters is 1. The summed E-state index contributed by atoms with van der Waals surface area (Å²) in [6, 6.07) is 0.684. The quantitative estimate of drug-likeness (QED) is 0.514. The second-order valence-electron chi connectivity index (χ2n) is 3.91. The van der Waals surface area contributed by atoms with Crippen molar-refractivity contribution < 1.29 is 9.53 Å². The highest BCUT2D eigenvalue weighted by molar-refractivity contribution is 5.70.